The molecule has 0 saturated carbocycles. The number of rotatable bonds is 6. The van der Waals surface area contributed by atoms with E-state index in [2.05, 4.69) is 10.3 Å². The first-order valence-electron chi connectivity index (χ1n) is 6.27. The smallest absolute Gasteiger partial charge is 0.315 e. The molecule has 21 heavy (non-hydrogen) atoms. The fourth-order valence-electron chi connectivity index (χ4n) is 1.58. The number of amides is 1. The molecule has 0 radical (unpaired) electrons. The molecule has 2 rings (SSSR count). The molecule has 0 spiro atoms. The minimum atomic E-state index is -0.314. The Bertz CT molecular complexity index is 657. The number of carbonyl (C=O) groups is 2. The highest BCUT2D eigenvalue weighted by Crippen LogP contribution is 2.27. The number of esters is 1. The van der Waals surface area contributed by atoms with Crippen molar-refractivity contribution in [2.75, 3.05) is 29.2 Å². The number of aromatic nitrogens is 1. The normalized spacial score (nSPS) is 10.5. The molecule has 0 aliphatic rings. The summed E-state index contributed by atoms with van der Waals surface area (Å²) in [6, 6.07) is 5.40. The Morgan fingerprint density at radius 1 is 1.43 bits per heavy atom. The van der Waals surface area contributed by atoms with Gasteiger partial charge in [-0.1, -0.05) is 11.3 Å². The maximum Gasteiger partial charge on any atom is 0.315 e. The Kier molecular flexibility index (Phi) is 5.40. The minimum Gasteiger partial charge on any atom is -0.465 e. The molecule has 0 aliphatic carbocycles. The topological polar surface area (TPSA) is 94.3 Å². The monoisotopic (exact) mass is 325 g/mol. The second kappa shape index (κ2) is 7.28. The van der Waals surface area contributed by atoms with Gasteiger partial charge in [0.05, 0.1) is 28.3 Å². The number of carbonyl (C=O) groups excluding carboxylic acids is 2. The summed E-state index contributed by atoms with van der Waals surface area (Å²) >= 11 is 2.57. The SMILES string of the molecule is CCOC(=O)CSCC(=O)Nc1nc2ccc(N)cc2s1. The number of anilines is 2. The zero-order valence-electron chi connectivity index (χ0n) is 11.4. The summed E-state index contributed by atoms with van der Waals surface area (Å²) in [7, 11) is 0. The zero-order chi connectivity index (χ0) is 15.2. The number of nitrogens with one attached hydrogen (secondary N) is 1. The maximum atomic E-state index is 11.8. The highest BCUT2D eigenvalue weighted by atomic mass is 32.2. The summed E-state index contributed by atoms with van der Waals surface area (Å²) in [5, 5.41) is 3.24. The van der Waals surface area contributed by atoms with E-state index in [-0.39, 0.29) is 23.4 Å². The van der Waals surface area contributed by atoms with Crippen LogP contribution in [-0.2, 0) is 14.3 Å². The molecule has 2 aromatic rings. The van der Waals surface area contributed by atoms with Crippen LogP contribution in [0.25, 0.3) is 10.2 Å². The predicted molar refractivity (Wildman–Crippen MR) is 86.6 cm³/mol. The number of fused-ring (bicyclic) bond motifs is 1. The molecule has 1 heterocycles. The van der Waals surface area contributed by atoms with Crippen molar-refractivity contribution in [3.63, 3.8) is 0 Å². The lowest BCUT2D eigenvalue weighted by Gasteiger charge is -2.02. The largest absolute Gasteiger partial charge is 0.465 e. The standard InChI is InChI=1S/C13H15N3O3S2/c1-2-19-12(18)7-20-6-11(17)16-13-15-9-4-3-8(14)5-10(9)21-13/h3-5H,2,6-7,14H2,1H3,(H,15,16,17). The number of ether oxygens (including phenoxy) is 1. The average molecular weight is 325 g/mol. The van der Waals surface area contributed by atoms with E-state index in [4.69, 9.17) is 10.5 Å². The van der Waals surface area contributed by atoms with Gasteiger partial charge in [-0.05, 0) is 25.1 Å². The molecule has 0 fully saturated rings. The van der Waals surface area contributed by atoms with E-state index in [0.29, 0.717) is 17.4 Å². The van der Waals surface area contributed by atoms with Gasteiger partial charge in [-0.2, -0.15) is 0 Å². The van der Waals surface area contributed by atoms with Gasteiger partial charge in [0.25, 0.3) is 0 Å². The Morgan fingerprint density at radius 2 is 2.24 bits per heavy atom. The van der Waals surface area contributed by atoms with Crippen molar-refractivity contribution in [3.05, 3.63) is 18.2 Å². The van der Waals surface area contributed by atoms with Gasteiger partial charge in [-0.25, -0.2) is 4.98 Å². The van der Waals surface area contributed by atoms with Gasteiger partial charge in [0.1, 0.15) is 0 Å². The molecule has 0 saturated heterocycles. The maximum absolute atomic E-state index is 11.8. The molecule has 1 amide bonds. The van der Waals surface area contributed by atoms with Crippen LogP contribution < -0.4 is 11.1 Å². The number of nitrogen functional groups attached to an aromatic ring is 1. The fraction of sp³-hybridized carbons (Fsp3) is 0.308. The van der Waals surface area contributed by atoms with Crippen molar-refractivity contribution < 1.29 is 14.3 Å². The van der Waals surface area contributed by atoms with E-state index in [1.807, 2.05) is 12.1 Å². The third-order valence-corrected chi connectivity index (χ3v) is 4.26. The van der Waals surface area contributed by atoms with E-state index in [0.717, 1.165) is 10.2 Å². The molecule has 0 bridgehead atoms. The third kappa shape index (κ3) is 4.61. The quantitative estimate of drug-likeness (QED) is 0.624. The van der Waals surface area contributed by atoms with Crippen molar-refractivity contribution in [2.45, 2.75) is 6.92 Å². The van der Waals surface area contributed by atoms with E-state index in [1.54, 1.807) is 13.0 Å². The van der Waals surface area contributed by atoms with Crippen molar-refractivity contribution in [2.24, 2.45) is 0 Å². The molecule has 6 nitrogen and oxygen atoms in total. The summed E-state index contributed by atoms with van der Waals surface area (Å²) in [4.78, 5) is 27.2. The summed E-state index contributed by atoms with van der Waals surface area (Å²) < 4.78 is 5.70. The van der Waals surface area contributed by atoms with Gasteiger partial charge in [0.15, 0.2) is 5.13 Å². The van der Waals surface area contributed by atoms with Crippen LogP contribution >= 0.6 is 23.1 Å². The minimum absolute atomic E-state index is 0.164. The lowest BCUT2D eigenvalue weighted by atomic mass is 10.3. The highest BCUT2D eigenvalue weighted by Gasteiger charge is 2.09. The zero-order valence-corrected chi connectivity index (χ0v) is 13.1. The Hall–Kier alpha value is -1.80. The second-order valence-corrected chi connectivity index (χ2v) is 6.11. The lowest BCUT2D eigenvalue weighted by Crippen LogP contribution is -2.16. The van der Waals surface area contributed by atoms with E-state index in [9.17, 15) is 9.59 Å². The van der Waals surface area contributed by atoms with Gasteiger partial charge < -0.3 is 15.8 Å². The average Bonchev–Trinajstić information content (AvgIpc) is 2.80. The van der Waals surface area contributed by atoms with Gasteiger partial charge >= 0.3 is 5.97 Å². The molecule has 0 atom stereocenters. The van der Waals surface area contributed by atoms with Crippen LogP contribution in [0.5, 0.6) is 0 Å². The Labute approximate surface area is 130 Å². The van der Waals surface area contributed by atoms with E-state index < -0.39 is 0 Å². The molecule has 0 unspecified atom stereocenters. The first-order chi connectivity index (χ1) is 10.1. The number of thiazole rings is 1. The fourth-order valence-corrected chi connectivity index (χ4v) is 3.12. The first-order valence-corrected chi connectivity index (χ1v) is 8.25. The van der Waals surface area contributed by atoms with Crippen LogP contribution in [0.2, 0.25) is 0 Å². The van der Waals surface area contributed by atoms with Crippen LogP contribution in [0.3, 0.4) is 0 Å². The van der Waals surface area contributed by atoms with E-state index >= 15 is 0 Å². The van der Waals surface area contributed by atoms with Gasteiger partial charge in [-0.15, -0.1) is 11.8 Å². The molecular formula is C13H15N3O3S2. The van der Waals surface area contributed by atoms with Crippen LogP contribution in [-0.4, -0.2) is 35.0 Å². The van der Waals surface area contributed by atoms with Gasteiger partial charge in [-0.3, -0.25) is 9.59 Å². The molecule has 1 aromatic heterocycles. The number of hydrogen-bond donors (Lipinski definition) is 2. The van der Waals surface area contributed by atoms with Crippen molar-refractivity contribution >= 4 is 56.0 Å². The molecule has 0 aliphatic heterocycles. The number of hydrogen-bond acceptors (Lipinski definition) is 7. The number of nitrogens with two attached hydrogens (primary N) is 1. The van der Waals surface area contributed by atoms with Crippen LogP contribution in [0.15, 0.2) is 18.2 Å². The molecule has 112 valence electrons. The van der Waals surface area contributed by atoms with Crippen LogP contribution in [0.1, 0.15) is 6.92 Å². The van der Waals surface area contributed by atoms with Crippen LogP contribution in [0.4, 0.5) is 10.8 Å². The Morgan fingerprint density at radius 3 is 3.00 bits per heavy atom. The first kappa shape index (κ1) is 15.6. The van der Waals surface area contributed by atoms with E-state index in [1.165, 1.54) is 23.1 Å². The van der Waals surface area contributed by atoms with Crippen molar-refractivity contribution in [1.29, 1.82) is 0 Å². The molecule has 8 heteroatoms. The summed E-state index contributed by atoms with van der Waals surface area (Å²) in [6.07, 6.45) is 0. The third-order valence-electron chi connectivity index (χ3n) is 2.42. The van der Waals surface area contributed by atoms with Gasteiger partial charge in [0, 0.05) is 5.69 Å². The molecular weight excluding hydrogens is 310 g/mol. The number of nitrogens with zero attached hydrogens (tertiary/aromatic N) is 1. The van der Waals surface area contributed by atoms with Crippen molar-refractivity contribution in [3.8, 4) is 0 Å². The lowest BCUT2D eigenvalue weighted by molar-refractivity contribution is -0.139. The summed E-state index contributed by atoms with van der Waals surface area (Å²) in [6.45, 7) is 2.09. The second-order valence-electron chi connectivity index (χ2n) is 4.09. The predicted octanol–water partition coefficient (Wildman–Crippen LogP) is 2.11. The van der Waals surface area contributed by atoms with Crippen LogP contribution in [0, 0.1) is 0 Å². The van der Waals surface area contributed by atoms with Crippen molar-refractivity contribution in [1.82, 2.24) is 4.98 Å². The summed E-state index contributed by atoms with van der Waals surface area (Å²) in [5.41, 5.74) is 7.15. The Balaban J connectivity index is 1.85. The highest BCUT2D eigenvalue weighted by molar-refractivity contribution is 8.00. The number of thioether (sulfide) groups is 1. The molecule has 1 aromatic carbocycles. The molecule has 3 N–H and O–H groups in total. The van der Waals surface area contributed by atoms with Gasteiger partial charge in [0.2, 0.25) is 5.91 Å². The summed E-state index contributed by atoms with van der Waals surface area (Å²) in [5.74, 6) is -0.170. The number of benzene rings is 1.